The third-order valence-electron chi connectivity index (χ3n) is 1.53. The Balaban J connectivity index is 2.63. The standard InChI is InChI=1S/C7H6BN/c1-2-6-3-4-8-7(6)9-5-1/h1-5,8H. The van der Waals surface area contributed by atoms with Gasteiger partial charge >= 0.3 is 0 Å². The molecule has 0 spiro atoms. The van der Waals surface area contributed by atoms with Gasteiger partial charge in [-0.25, -0.2) is 0 Å². The van der Waals surface area contributed by atoms with Crippen molar-refractivity contribution >= 4 is 18.9 Å². The Hall–Kier alpha value is -1.05. The molecule has 0 saturated carbocycles. The molecule has 0 aromatic carbocycles. The minimum absolute atomic E-state index is 1.01. The van der Waals surface area contributed by atoms with Gasteiger partial charge in [0.15, 0.2) is 0 Å². The minimum Gasteiger partial charge on any atom is -0.271 e. The van der Waals surface area contributed by atoms with E-state index in [0.29, 0.717) is 0 Å². The smallest absolute Gasteiger partial charge is 0.208 e. The molecule has 1 aromatic rings. The summed E-state index contributed by atoms with van der Waals surface area (Å²) in [6.45, 7) is 0. The number of aromatic nitrogens is 1. The first-order chi connectivity index (χ1) is 4.47. The third-order valence-corrected chi connectivity index (χ3v) is 1.53. The fourth-order valence-corrected chi connectivity index (χ4v) is 1.07. The normalized spacial score (nSPS) is 12.9. The molecule has 0 fully saturated rings. The van der Waals surface area contributed by atoms with E-state index in [2.05, 4.69) is 23.1 Å². The van der Waals surface area contributed by atoms with Crippen molar-refractivity contribution in [1.82, 2.24) is 4.98 Å². The second-order valence-corrected chi connectivity index (χ2v) is 2.15. The van der Waals surface area contributed by atoms with Crippen LogP contribution in [-0.4, -0.2) is 12.3 Å². The van der Waals surface area contributed by atoms with Crippen molar-refractivity contribution in [3.8, 4) is 0 Å². The fourth-order valence-electron chi connectivity index (χ4n) is 1.07. The van der Waals surface area contributed by atoms with Crippen molar-refractivity contribution in [2.75, 3.05) is 0 Å². The van der Waals surface area contributed by atoms with E-state index in [1.165, 1.54) is 11.2 Å². The highest BCUT2D eigenvalue weighted by Gasteiger charge is 2.03. The summed E-state index contributed by atoms with van der Waals surface area (Å²) in [5.74, 6) is 2.14. The number of hydrogen-bond acceptors (Lipinski definition) is 1. The van der Waals surface area contributed by atoms with E-state index >= 15 is 0 Å². The van der Waals surface area contributed by atoms with Crippen LogP contribution in [0.3, 0.4) is 0 Å². The fraction of sp³-hybridized carbons (Fsp3) is 0. The molecule has 42 valence electrons. The lowest BCUT2D eigenvalue weighted by Crippen LogP contribution is -2.14. The molecular formula is C7H6BN. The molecule has 1 aliphatic rings. The maximum Gasteiger partial charge on any atom is 0.208 e. The van der Waals surface area contributed by atoms with Gasteiger partial charge < -0.3 is 0 Å². The van der Waals surface area contributed by atoms with E-state index < -0.39 is 0 Å². The van der Waals surface area contributed by atoms with Crippen LogP contribution in [0.1, 0.15) is 5.56 Å². The van der Waals surface area contributed by atoms with E-state index in [0.717, 1.165) is 7.28 Å². The molecule has 1 aromatic heterocycles. The lowest BCUT2D eigenvalue weighted by Gasteiger charge is -1.91. The van der Waals surface area contributed by atoms with E-state index in [1.807, 2.05) is 12.3 Å². The molecule has 0 saturated heterocycles. The predicted octanol–water partition coefficient (Wildman–Crippen LogP) is 0.128. The summed E-state index contributed by atoms with van der Waals surface area (Å²) in [5.41, 5.74) is 2.48. The van der Waals surface area contributed by atoms with Crippen molar-refractivity contribution in [3.63, 3.8) is 0 Å². The molecule has 1 nitrogen and oxygen atoms in total. The van der Waals surface area contributed by atoms with Gasteiger partial charge in [0.2, 0.25) is 7.28 Å². The second-order valence-electron chi connectivity index (χ2n) is 2.15. The number of hydrogen-bond donors (Lipinski definition) is 0. The van der Waals surface area contributed by atoms with Gasteiger partial charge in [-0.15, -0.1) is 5.98 Å². The van der Waals surface area contributed by atoms with Crippen LogP contribution in [0.2, 0.25) is 0 Å². The molecule has 9 heavy (non-hydrogen) atoms. The minimum atomic E-state index is 1.01. The number of fused-ring (bicyclic) bond motifs is 1. The molecular weight excluding hydrogens is 109 g/mol. The molecule has 0 unspecified atom stereocenters. The Labute approximate surface area is 54.7 Å². The third kappa shape index (κ3) is 0.671. The summed E-state index contributed by atoms with van der Waals surface area (Å²) in [7, 11) is 1.01. The lowest BCUT2D eigenvalue weighted by molar-refractivity contribution is 1.38. The van der Waals surface area contributed by atoms with Crippen LogP contribution in [0.5, 0.6) is 0 Å². The molecule has 2 rings (SSSR count). The van der Waals surface area contributed by atoms with Crippen molar-refractivity contribution in [2.24, 2.45) is 0 Å². The Morgan fingerprint density at radius 1 is 1.44 bits per heavy atom. The Morgan fingerprint density at radius 2 is 2.44 bits per heavy atom. The Kier molecular flexibility index (Phi) is 0.920. The predicted molar refractivity (Wildman–Crippen MR) is 40.1 cm³/mol. The molecule has 0 amide bonds. The van der Waals surface area contributed by atoms with E-state index in [1.54, 1.807) is 0 Å². The average Bonchev–Trinajstić information content (AvgIpc) is 2.33. The largest absolute Gasteiger partial charge is 0.271 e. The van der Waals surface area contributed by atoms with Crippen molar-refractivity contribution in [2.45, 2.75) is 0 Å². The van der Waals surface area contributed by atoms with Crippen LogP contribution < -0.4 is 5.59 Å². The van der Waals surface area contributed by atoms with Gasteiger partial charge in [-0.1, -0.05) is 12.1 Å². The summed E-state index contributed by atoms with van der Waals surface area (Å²) in [4.78, 5) is 4.20. The van der Waals surface area contributed by atoms with Gasteiger partial charge in [0.05, 0.1) is 0 Å². The van der Waals surface area contributed by atoms with Crippen LogP contribution >= 0.6 is 0 Å². The quantitative estimate of drug-likeness (QED) is 0.438. The van der Waals surface area contributed by atoms with Crippen LogP contribution in [0.4, 0.5) is 0 Å². The second kappa shape index (κ2) is 1.73. The maximum atomic E-state index is 4.20. The Morgan fingerprint density at radius 3 is 3.33 bits per heavy atom. The van der Waals surface area contributed by atoms with Crippen LogP contribution in [0, 0.1) is 0 Å². The van der Waals surface area contributed by atoms with Gasteiger partial charge in [0.25, 0.3) is 0 Å². The van der Waals surface area contributed by atoms with Gasteiger partial charge in [0.1, 0.15) is 0 Å². The maximum absolute atomic E-state index is 4.20. The summed E-state index contributed by atoms with van der Waals surface area (Å²) in [6, 6.07) is 4.06. The summed E-state index contributed by atoms with van der Waals surface area (Å²) >= 11 is 0. The van der Waals surface area contributed by atoms with E-state index in [4.69, 9.17) is 0 Å². The zero-order valence-electron chi connectivity index (χ0n) is 5.04. The molecule has 0 N–H and O–H groups in total. The molecule has 2 heteroatoms. The zero-order chi connectivity index (χ0) is 6.10. The van der Waals surface area contributed by atoms with Crippen molar-refractivity contribution in [1.29, 1.82) is 0 Å². The van der Waals surface area contributed by atoms with Crippen LogP contribution in [-0.2, 0) is 0 Å². The average molecular weight is 115 g/mol. The van der Waals surface area contributed by atoms with Gasteiger partial charge in [0, 0.05) is 11.8 Å². The molecule has 0 atom stereocenters. The highest BCUT2D eigenvalue weighted by molar-refractivity contribution is 6.61. The first-order valence-corrected chi connectivity index (χ1v) is 3.07. The molecule has 0 bridgehead atoms. The molecule has 0 aliphatic carbocycles. The monoisotopic (exact) mass is 115 g/mol. The first kappa shape index (κ1) is 4.80. The molecule has 2 heterocycles. The summed E-state index contributed by atoms with van der Waals surface area (Å²) in [6.07, 6.45) is 3.95. The zero-order valence-corrected chi connectivity index (χ0v) is 5.04. The topological polar surface area (TPSA) is 12.9 Å². The Bertz CT molecular complexity index is 255. The van der Waals surface area contributed by atoms with E-state index in [-0.39, 0.29) is 0 Å². The molecule has 0 radical (unpaired) electrons. The van der Waals surface area contributed by atoms with Crippen molar-refractivity contribution < 1.29 is 0 Å². The van der Waals surface area contributed by atoms with E-state index in [9.17, 15) is 0 Å². The molecule has 1 aliphatic heterocycles. The lowest BCUT2D eigenvalue weighted by atomic mass is 9.78. The van der Waals surface area contributed by atoms with Crippen LogP contribution in [0.15, 0.2) is 24.3 Å². The number of rotatable bonds is 0. The number of nitrogens with zero attached hydrogens (tertiary/aromatic N) is 1. The van der Waals surface area contributed by atoms with Crippen LogP contribution in [0.25, 0.3) is 6.08 Å². The number of pyridine rings is 1. The highest BCUT2D eigenvalue weighted by atomic mass is 14.6. The first-order valence-electron chi connectivity index (χ1n) is 3.07. The van der Waals surface area contributed by atoms with Gasteiger partial charge in [-0.3, -0.25) is 4.98 Å². The summed E-state index contributed by atoms with van der Waals surface area (Å²) < 4.78 is 0. The van der Waals surface area contributed by atoms with Crippen molar-refractivity contribution in [3.05, 3.63) is 29.9 Å². The van der Waals surface area contributed by atoms with Gasteiger partial charge in [-0.05, 0) is 11.6 Å². The summed E-state index contributed by atoms with van der Waals surface area (Å²) in [5, 5.41) is 0. The highest BCUT2D eigenvalue weighted by Crippen LogP contribution is 2.00. The SMILES string of the molecule is B1C=Cc2cccnc21. The van der Waals surface area contributed by atoms with Gasteiger partial charge in [-0.2, -0.15) is 0 Å².